The van der Waals surface area contributed by atoms with E-state index in [2.05, 4.69) is 64.3 Å². The number of nitrogens with one attached hydrogen (secondary N) is 2. The first-order valence-electron chi connectivity index (χ1n) is 7.31. The van der Waals surface area contributed by atoms with E-state index in [0.29, 0.717) is 0 Å². The fourth-order valence-electron chi connectivity index (χ4n) is 2.11. The number of thiophene rings is 1. The van der Waals surface area contributed by atoms with Gasteiger partial charge in [-0.25, -0.2) is 0 Å². The predicted molar refractivity (Wildman–Crippen MR) is 107 cm³/mol. The van der Waals surface area contributed by atoms with Crippen LogP contribution in [0.4, 0.5) is 0 Å². The molecule has 0 radical (unpaired) electrons. The number of hydrogen-bond acceptors (Lipinski definition) is 2. The van der Waals surface area contributed by atoms with Gasteiger partial charge in [0, 0.05) is 18.5 Å². The molecule has 0 unspecified atom stereocenters. The normalized spacial score (nSPS) is 10.9. The average molecular weight is 429 g/mol. The third-order valence-corrected chi connectivity index (χ3v) is 4.41. The van der Waals surface area contributed by atoms with Crippen molar-refractivity contribution < 1.29 is 0 Å². The van der Waals surface area contributed by atoms with Gasteiger partial charge in [-0.3, -0.25) is 4.99 Å². The van der Waals surface area contributed by atoms with Crippen molar-refractivity contribution in [2.45, 2.75) is 26.3 Å². The molecule has 0 saturated carbocycles. The van der Waals surface area contributed by atoms with E-state index in [4.69, 9.17) is 0 Å². The summed E-state index contributed by atoms with van der Waals surface area (Å²) in [6.07, 6.45) is 2.19. The van der Waals surface area contributed by atoms with Crippen LogP contribution in [0, 0.1) is 6.92 Å². The molecule has 0 aliphatic rings. The molecule has 0 aliphatic carbocycles. The van der Waals surface area contributed by atoms with E-state index in [0.717, 1.165) is 31.9 Å². The summed E-state index contributed by atoms with van der Waals surface area (Å²) in [7, 11) is 1.81. The van der Waals surface area contributed by atoms with Gasteiger partial charge in [0.2, 0.25) is 0 Å². The van der Waals surface area contributed by atoms with Crippen LogP contribution >= 0.6 is 35.3 Å². The summed E-state index contributed by atoms with van der Waals surface area (Å²) < 4.78 is 0. The fourth-order valence-corrected chi connectivity index (χ4v) is 2.96. The van der Waals surface area contributed by atoms with E-state index < -0.39 is 0 Å². The Morgan fingerprint density at radius 3 is 2.55 bits per heavy atom. The standard InChI is InChI=1S/C17H23N3S.HI/c1-14-10-12-21-16(14)13-20-17(18-2)19-11-6-9-15-7-4-3-5-8-15;/h3-5,7-8,10,12H,6,9,11,13H2,1-2H3,(H2,18,19,20);1H. The van der Waals surface area contributed by atoms with Crippen molar-refractivity contribution in [3.63, 3.8) is 0 Å². The molecule has 5 heteroatoms. The van der Waals surface area contributed by atoms with Crippen LogP contribution < -0.4 is 10.6 Å². The Hall–Kier alpha value is -1.08. The van der Waals surface area contributed by atoms with Crippen molar-refractivity contribution in [3.05, 3.63) is 57.8 Å². The second kappa shape index (κ2) is 10.6. The Morgan fingerprint density at radius 1 is 1.14 bits per heavy atom. The van der Waals surface area contributed by atoms with Crippen molar-refractivity contribution >= 4 is 41.3 Å². The highest BCUT2D eigenvalue weighted by molar-refractivity contribution is 14.0. The van der Waals surface area contributed by atoms with E-state index in [1.165, 1.54) is 16.0 Å². The third-order valence-electron chi connectivity index (χ3n) is 3.39. The van der Waals surface area contributed by atoms with E-state index in [1.807, 2.05) is 7.05 Å². The zero-order chi connectivity index (χ0) is 14.9. The lowest BCUT2D eigenvalue weighted by molar-refractivity contribution is 0.743. The van der Waals surface area contributed by atoms with E-state index in [1.54, 1.807) is 11.3 Å². The lowest BCUT2D eigenvalue weighted by atomic mass is 10.1. The molecule has 2 aromatic rings. The Morgan fingerprint density at radius 2 is 1.91 bits per heavy atom. The molecule has 0 saturated heterocycles. The van der Waals surface area contributed by atoms with Crippen LogP contribution in [0.1, 0.15) is 22.4 Å². The molecule has 2 rings (SSSR count). The van der Waals surface area contributed by atoms with Crippen LogP contribution in [0.3, 0.4) is 0 Å². The number of rotatable bonds is 6. The van der Waals surface area contributed by atoms with Crippen LogP contribution in [0.5, 0.6) is 0 Å². The molecule has 22 heavy (non-hydrogen) atoms. The molecule has 0 bridgehead atoms. The Kier molecular flexibility index (Phi) is 9.15. The SMILES string of the molecule is CN=C(NCCCc1ccccc1)NCc1sccc1C.I. The molecule has 0 amide bonds. The van der Waals surface area contributed by atoms with Gasteiger partial charge in [-0.15, -0.1) is 35.3 Å². The minimum atomic E-state index is 0. The molecule has 0 fully saturated rings. The lowest BCUT2D eigenvalue weighted by Gasteiger charge is -2.11. The summed E-state index contributed by atoms with van der Waals surface area (Å²) in [5, 5.41) is 8.85. The highest BCUT2D eigenvalue weighted by Gasteiger charge is 2.01. The fraction of sp³-hybridized carbons (Fsp3) is 0.353. The zero-order valence-corrected chi connectivity index (χ0v) is 16.3. The van der Waals surface area contributed by atoms with Gasteiger partial charge >= 0.3 is 0 Å². The quantitative estimate of drug-likeness (QED) is 0.316. The Balaban J connectivity index is 0.00000242. The van der Waals surface area contributed by atoms with Gasteiger partial charge in [-0.2, -0.15) is 0 Å². The highest BCUT2D eigenvalue weighted by Crippen LogP contribution is 2.14. The van der Waals surface area contributed by atoms with E-state index in [9.17, 15) is 0 Å². The summed E-state index contributed by atoms with van der Waals surface area (Å²) in [6.45, 7) is 3.91. The maximum absolute atomic E-state index is 4.26. The van der Waals surface area contributed by atoms with Crippen LogP contribution in [0.25, 0.3) is 0 Å². The average Bonchev–Trinajstić information content (AvgIpc) is 2.93. The van der Waals surface area contributed by atoms with Crippen molar-refractivity contribution in [1.82, 2.24) is 10.6 Å². The topological polar surface area (TPSA) is 36.4 Å². The van der Waals surface area contributed by atoms with Gasteiger partial charge in [-0.05, 0) is 42.3 Å². The Labute approximate surface area is 154 Å². The summed E-state index contributed by atoms with van der Waals surface area (Å²) >= 11 is 1.78. The van der Waals surface area contributed by atoms with Crippen molar-refractivity contribution in [2.75, 3.05) is 13.6 Å². The van der Waals surface area contributed by atoms with Gasteiger partial charge < -0.3 is 10.6 Å². The molecule has 0 atom stereocenters. The third kappa shape index (κ3) is 6.36. The highest BCUT2D eigenvalue weighted by atomic mass is 127. The molecule has 1 aromatic heterocycles. The molecular formula is C17H24IN3S. The first-order chi connectivity index (χ1) is 10.3. The first kappa shape index (κ1) is 19.0. The number of benzene rings is 1. The molecule has 120 valence electrons. The molecule has 2 N–H and O–H groups in total. The number of hydrogen-bond donors (Lipinski definition) is 2. The molecule has 1 heterocycles. The minimum Gasteiger partial charge on any atom is -0.356 e. The molecular weight excluding hydrogens is 405 g/mol. The monoisotopic (exact) mass is 429 g/mol. The summed E-state index contributed by atoms with van der Waals surface area (Å²) in [5.41, 5.74) is 2.73. The molecule has 0 aliphatic heterocycles. The van der Waals surface area contributed by atoms with Gasteiger partial charge in [0.05, 0.1) is 6.54 Å². The second-order valence-corrected chi connectivity index (χ2v) is 5.97. The van der Waals surface area contributed by atoms with Crippen LogP contribution in [0.2, 0.25) is 0 Å². The Bertz CT molecular complexity index is 566. The number of halogens is 1. The molecule has 1 aromatic carbocycles. The van der Waals surface area contributed by atoms with Crippen molar-refractivity contribution in [2.24, 2.45) is 4.99 Å². The molecule has 0 spiro atoms. The second-order valence-electron chi connectivity index (χ2n) is 4.97. The van der Waals surface area contributed by atoms with Crippen molar-refractivity contribution in [3.8, 4) is 0 Å². The lowest BCUT2D eigenvalue weighted by Crippen LogP contribution is -2.37. The summed E-state index contributed by atoms with van der Waals surface area (Å²) in [4.78, 5) is 5.62. The van der Waals surface area contributed by atoms with Crippen LogP contribution in [-0.2, 0) is 13.0 Å². The van der Waals surface area contributed by atoms with E-state index >= 15 is 0 Å². The van der Waals surface area contributed by atoms with Crippen LogP contribution in [-0.4, -0.2) is 19.6 Å². The van der Waals surface area contributed by atoms with Gasteiger partial charge in [0.15, 0.2) is 5.96 Å². The van der Waals surface area contributed by atoms with Gasteiger partial charge in [0.1, 0.15) is 0 Å². The maximum atomic E-state index is 4.26. The maximum Gasteiger partial charge on any atom is 0.191 e. The van der Waals surface area contributed by atoms with Gasteiger partial charge in [-0.1, -0.05) is 30.3 Å². The minimum absolute atomic E-state index is 0. The zero-order valence-electron chi connectivity index (χ0n) is 13.1. The summed E-state index contributed by atoms with van der Waals surface area (Å²) in [5.74, 6) is 0.871. The first-order valence-corrected chi connectivity index (χ1v) is 8.19. The molecule has 3 nitrogen and oxygen atoms in total. The van der Waals surface area contributed by atoms with Crippen molar-refractivity contribution in [1.29, 1.82) is 0 Å². The number of aryl methyl sites for hydroxylation is 2. The van der Waals surface area contributed by atoms with Crippen LogP contribution in [0.15, 0.2) is 46.8 Å². The number of nitrogens with zero attached hydrogens (tertiary/aromatic N) is 1. The number of guanidine groups is 1. The number of aliphatic imine (C=N–C) groups is 1. The van der Waals surface area contributed by atoms with E-state index in [-0.39, 0.29) is 24.0 Å². The summed E-state index contributed by atoms with van der Waals surface area (Å²) in [6, 6.07) is 12.7. The predicted octanol–water partition coefficient (Wildman–Crippen LogP) is 3.97. The largest absolute Gasteiger partial charge is 0.356 e. The van der Waals surface area contributed by atoms with Gasteiger partial charge in [0.25, 0.3) is 0 Å². The smallest absolute Gasteiger partial charge is 0.191 e.